The van der Waals surface area contributed by atoms with E-state index in [-0.39, 0.29) is 27.7 Å². The Bertz CT molecular complexity index is 1260. The summed E-state index contributed by atoms with van der Waals surface area (Å²) in [5.41, 5.74) is 0.659. The van der Waals surface area contributed by atoms with Crippen LogP contribution in [0.4, 0.5) is 18.9 Å². The molecule has 4 rings (SSSR count). The molecule has 0 aliphatic carbocycles. The minimum atomic E-state index is -4.71. The number of para-hydroxylation sites is 2. The van der Waals surface area contributed by atoms with Gasteiger partial charge in [0.2, 0.25) is 11.7 Å². The highest BCUT2D eigenvalue weighted by Gasteiger charge is 2.38. The molecule has 0 aliphatic rings. The van der Waals surface area contributed by atoms with E-state index in [2.05, 4.69) is 20.3 Å². The van der Waals surface area contributed by atoms with Gasteiger partial charge in [0, 0.05) is 5.69 Å². The van der Waals surface area contributed by atoms with Gasteiger partial charge in [0.05, 0.1) is 28.3 Å². The molecule has 4 aromatic rings. The van der Waals surface area contributed by atoms with Gasteiger partial charge in [-0.1, -0.05) is 12.1 Å². The summed E-state index contributed by atoms with van der Waals surface area (Å²) in [6.07, 6.45) is -3.45. The predicted octanol–water partition coefficient (Wildman–Crippen LogP) is 2.93. The average Bonchev–Trinajstić information content (AvgIpc) is 3.01. The topological polar surface area (TPSA) is 92.7 Å². The third-order valence-corrected chi connectivity index (χ3v) is 4.13. The Morgan fingerprint density at radius 1 is 1.14 bits per heavy atom. The Labute approximate surface area is 154 Å². The van der Waals surface area contributed by atoms with Crippen molar-refractivity contribution >= 4 is 33.5 Å². The fourth-order valence-electron chi connectivity index (χ4n) is 2.94. The fourth-order valence-corrected chi connectivity index (χ4v) is 2.94. The standard InChI is InChI=1S/C18H12F3N5O2/c19-18(20,21)17-25-13-3-1-2-4-14(13)26(17)8-15(27)24-10-5-6-12-11(7-10)16(28)23-9-22-12/h1-7,9H,8H2,(H,24,27)(H,22,23,28). The number of nitrogens with one attached hydrogen (secondary N) is 2. The van der Waals surface area contributed by atoms with E-state index >= 15 is 0 Å². The molecule has 28 heavy (non-hydrogen) atoms. The van der Waals surface area contributed by atoms with Crippen molar-refractivity contribution in [2.45, 2.75) is 12.7 Å². The van der Waals surface area contributed by atoms with Gasteiger partial charge < -0.3 is 14.9 Å². The number of amides is 1. The molecular formula is C18H12F3N5O2. The quantitative estimate of drug-likeness (QED) is 0.565. The maximum atomic E-state index is 13.3. The van der Waals surface area contributed by atoms with Crippen LogP contribution in [0.15, 0.2) is 53.6 Å². The van der Waals surface area contributed by atoms with Crippen molar-refractivity contribution in [3.8, 4) is 0 Å². The van der Waals surface area contributed by atoms with Gasteiger partial charge in [-0.2, -0.15) is 13.2 Å². The number of fused-ring (bicyclic) bond motifs is 2. The van der Waals surface area contributed by atoms with E-state index in [1.807, 2.05) is 0 Å². The third-order valence-electron chi connectivity index (χ3n) is 4.13. The number of carbonyl (C=O) groups is 1. The molecule has 2 N–H and O–H groups in total. The summed E-state index contributed by atoms with van der Waals surface area (Å²) < 4.78 is 40.8. The van der Waals surface area contributed by atoms with Gasteiger partial charge in [0.15, 0.2) is 0 Å². The number of hydrogen-bond donors (Lipinski definition) is 2. The van der Waals surface area contributed by atoms with Gasteiger partial charge in [-0.25, -0.2) is 9.97 Å². The lowest BCUT2D eigenvalue weighted by atomic mass is 10.2. The van der Waals surface area contributed by atoms with Gasteiger partial charge in [-0.3, -0.25) is 9.59 Å². The minimum Gasteiger partial charge on any atom is -0.325 e. The molecule has 1 amide bonds. The van der Waals surface area contributed by atoms with Gasteiger partial charge in [0.25, 0.3) is 5.56 Å². The second kappa shape index (κ2) is 6.48. The van der Waals surface area contributed by atoms with Gasteiger partial charge in [-0.05, 0) is 30.3 Å². The first kappa shape index (κ1) is 17.7. The van der Waals surface area contributed by atoms with Crippen molar-refractivity contribution in [2.24, 2.45) is 0 Å². The van der Waals surface area contributed by atoms with Gasteiger partial charge in [-0.15, -0.1) is 0 Å². The zero-order valence-corrected chi connectivity index (χ0v) is 14.1. The smallest absolute Gasteiger partial charge is 0.325 e. The summed E-state index contributed by atoms with van der Waals surface area (Å²) in [5, 5.41) is 2.76. The molecule has 0 radical (unpaired) electrons. The van der Waals surface area contributed by atoms with Crippen LogP contribution in [0.25, 0.3) is 21.9 Å². The maximum absolute atomic E-state index is 13.3. The second-order valence-corrected chi connectivity index (χ2v) is 6.02. The van der Waals surface area contributed by atoms with Crippen LogP contribution in [0.3, 0.4) is 0 Å². The SMILES string of the molecule is O=C(Cn1c(C(F)(F)F)nc2ccccc21)Nc1ccc2nc[nH]c(=O)c2c1. The largest absolute Gasteiger partial charge is 0.449 e. The molecule has 2 heterocycles. The van der Waals surface area contributed by atoms with E-state index in [0.717, 1.165) is 4.57 Å². The molecule has 0 unspecified atom stereocenters. The Morgan fingerprint density at radius 3 is 2.71 bits per heavy atom. The van der Waals surface area contributed by atoms with Crippen molar-refractivity contribution in [2.75, 3.05) is 5.32 Å². The van der Waals surface area contributed by atoms with Crippen LogP contribution in [0.1, 0.15) is 5.82 Å². The molecule has 0 spiro atoms. The maximum Gasteiger partial charge on any atom is 0.449 e. The number of benzene rings is 2. The molecule has 2 aromatic heterocycles. The van der Waals surface area contributed by atoms with Crippen LogP contribution in [-0.2, 0) is 17.5 Å². The number of nitrogens with zero attached hydrogens (tertiary/aromatic N) is 3. The Morgan fingerprint density at radius 2 is 1.93 bits per heavy atom. The highest BCUT2D eigenvalue weighted by atomic mass is 19.4. The van der Waals surface area contributed by atoms with Crippen molar-refractivity contribution in [3.63, 3.8) is 0 Å². The lowest BCUT2D eigenvalue weighted by Gasteiger charge is -2.12. The molecular weight excluding hydrogens is 375 g/mol. The predicted molar refractivity (Wildman–Crippen MR) is 95.7 cm³/mol. The number of alkyl halides is 3. The Hall–Kier alpha value is -3.69. The third kappa shape index (κ3) is 3.20. The summed E-state index contributed by atoms with van der Waals surface area (Å²) >= 11 is 0. The van der Waals surface area contributed by atoms with Crippen LogP contribution in [0, 0.1) is 0 Å². The molecule has 10 heteroatoms. The summed E-state index contributed by atoms with van der Waals surface area (Å²) in [5.74, 6) is -1.84. The highest BCUT2D eigenvalue weighted by molar-refractivity contribution is 5.94. The van der Waals surface area contributed by atoms with Gasteiger partial charge >= 0.3 is 6.18 Å². The average molecular weight is 387 g/mol. The number of imidazole rings is 1. The molecule has 0 saturated heterocycles. The number of aromatic amines is 1. The first-order chi connectivity index (χ1) is 13.3. The van der Waals surface area contributed by atoms with E-state index in [1.165, 1.54) is 36.7 Å². The zero-order valence-electron chi connectivity index (χ0n) is 14.1. The van der Waals surface area contributed by atoms with Crippen molar-refractivity contribution < 1.29 is 18.0 Å². The summed E-state index contributed by atoms with van der Waals surface area (Å²) in [4.78, 5) is 34.2. The van der Waals surface area contributed by atoms with Crippen LogP contribution in [0.5, 0.6) is 0 Å². The number of anilines is 1. The molecule has 0 saturated carbocycles. The van der Waals surface area contributed by atoms with Crippen LogP contribution in [0.2, 0.25) is 0 Å². The van der Waals surface area contributed by atoms with Crippen molar-refractivity contribution in [3.05, 3.63) is 65.0 Å². The second-order valence-electron chi connectivity index (χ2n) is 6.02. The van der Waals surface area contributed by atoms with E-state index in [9.17, 15) is 22.8 Å². The number of hydrogen-bond acceptors (Lipinski definition) is 4. The first-order valence-electron chi connectivity index (χ1n) is 8.13. The number of rotatable bonds is 3. The molecule has 142 valence electrons. The van der Waals surface area contributed by atoms with E-state index in [1.54, 1.807) is 12.1 Å². The molecule has 0 aliphatic heterocycles. The van der Waals surface area contributed by atoms with Crippen LogP contribution in [-0.4, -0.2) is 25.4 Å². The van der Waals surface area contributed by atoms with E-state index < -0.39 is 24.5 Å². The molecule has 2 aromatic carbocycles. The van der Waals surface area contributed by atoms with Crippen molar-refractivity contribution in [1.29, 1.82) is 0 Å². The first-order valence-corrected chi connectivity index (χ1v) is 8.13. The van der Waals surface area contributed by atoms with Gasteiger partial charge in [0.1, 0.15) is 6.54 Å². The van der Waals surface area contributed by atoms with E-state index in [4.69, 9.17) is 0 Å². The molecule has 7 nitrogen and oxygen atoms in total. The minimum absolute atomic E-state index is 0.144. The normalized spacial score (nSPS) is 11.8. The molecule has 0 bridgehead atoms. The molecule has 0 atom stereocenters. The molecule has 0 fully saturated rings. The number of aromatic nitrogens is 4. The lowest BCUT2D eigenvalue weighted by molar-refractivity contribution is -0.147. The number of H-pyrrole nitrogens is 1. The number of carbonyl (C=O) groups excluding carboxylic acids is 1. The Kier molecular flexibility index (Phi) is 4.10. The van der Waals surface area contributed by atoms with E-state index in [0.29, 0.717) is 5.52 Å². The number of halogens is 3. The monoisotopic (exact) mass is 387 g/mol. The van der Waals surface area contributed by atoms with Crippen LogP contribution < -0.4 is 10.9 Å². The van der Waals surface area contributed by atoms with Crippen LogP contribution >= 0.6 is 0 Å². The zero-order chi connectivity index (χ0) is 19.9. The summed E-state index contributed by atoms with van der Waals surface area (Å²) in [7, 11) is 0. The fraction of sp³-hybridized carbons (Fsp3) is 0.111. The summed E-state index contributed by atoms with van der Waals surface area (Å²) in [6.45, 7) is -0.587. The highest BCUT2D eigenvalue weighted by Crippen LogP contribution is 2.31. The lowest BCUT2D eigenvalue weighted by Crippen LogP contribution is -2.23. The van der Waals surface area contributed by atoms with Crippen molar-refractivity contribution in [1.82, 2.24) is 19.5 Å². The summed E-state index contributed by atoms with van der Waals surface area (Å²) in [6, 6.07) is 10.5. The Balaban J connectivity index is 1.66.